The van der Waals surface area contributed by atoms with Crippen LogP contribution in [-0.4, -0.2) is 55.0 Å². The van der Waals surface area contributed by atoms with Crippen molar-refractivity contribution in [1.29, 1.82) is 0 Å². The molecule has 1 heterocycles. The molecule has 0 aliphatic carbocycles. The number of carbonyl (C=O) groups is 3. The number of nitrogens with zero attached hydrogens (tertiary/aromatic N) is 1. The third-order valence-corrected chi connectivity index (χ3v) is 5.83. The molecule has 0 aromatic heterocycles. The topological polar surface area (TPSA) is 99.8 Å². The predicted octanol–water partition coefficient (Wildman–Crippen LogP) is 2.86. The summed E-state index contributed by atoms with van der Waals surface area (Å²) in [6.45, 7) is 4.43. The molecule has 1 fully saturated rings. The highest BCUT2D eigenvalue weighted by molar-refractivity contribution is 5.90. The average molecular weight is 453 g/mol. The van der Waals surface area contributed by atoms with Crippen LogP contribution in [0.1, 0.15) is 30.9 Å². The number of methoxy groups -OCH3 is 1. The van der Waals surface area contributed by atoms with Crippen molar-refractivity contribution in [2.75, 3.05) is 25.5 Å². The zero-order chi connectivity index (χ0) is 23.8. The molecule has 4 amide bonds. The Morgan fingerprint density at radius 2 is 1.73 bits per heavy atom. The number of nitrogens with one attached hydrogen (secondary N) is 3. The molecule has 2 aromatic carbocycles. The Bertz CT molecular complexity index is 986. The summed E-state index contributed by atoms with van der Waals surface area (Å²) >= 11 is 0. The Morgan fingerprint density at radius 3 is 2.39 bits per heavy atom. The van der Waals surface area contributed by atoms with Crippen LogP contribution < -0.4 is 20.7 Å². The third-order valence-electron chi connectivity index (χ3n) is 5.83. The zero-order valence-electron chi connectivity index (χ0n) is 19.4. The van der Waals surface area contributed by atoms with Gasteiger partial charge in [0.05, 0.1) is 7.11 Å². The number of benzene rings is 2. The number of hydrogen-bond acceptors (Lipinski definition) is 4. The van der Waals surface area contributed by atoms with Crippen molar-refractivity contribution in [3.8, 4) is 5.75 Å². The third kappa shape index (κ3) is 6.71. The summed E-state index contributed by atoms with van der Waals surface area (Å²) in [6, 6.07) is 14.2. The van der Waals surface area contributed by atoms with Crippen LogP contribution in [0.4, 0.5) is 10.5 Å². The van der Waals surface area contributed by atoms with Crippen LogP contribution in [0.15, 0.2) is 48.5 Å². The van der Waals surface area contributed by atoms with Gasteiger partial charge in [0.25, 0.3) is 0 Å². The Labute approximate surface area is 194 Å². The number of ether oxygens (including phenoxy) is 1. The summed E-state index contributed by atoms with van der Waals surface area (Å²) in [4.78, 5) is 39.1. The van der Waals surface area contributed by atoms with E-state index in [0.29, 0.717) is 38.1 Å². The fourth-order valence-electron chi connectivity index (χ4n) is 3.98. The van der Waals surface area contributed by atoms with E-state index in [-0.39, 0.29) is 23.9 Å². The Hall–Kier alpha value is -3.55. The maximum Gasteiger partial charge on any atom is 0.321 e. The van der Waals surface area contributed by atoms with Crippen LogP contribution >= 0.6 is 0 Å². The molecule has 1 atom stereocenters. The van der Waals surface area contributed by atoms with Gasteiger partial charge in [0, 0.05) is 38.2 Å². The summed E-state index contributed by atoms with van der Waals surface area (Å²) in [7, 11) is 1.58. The molecule has 1 aliphatic heterocycles. The first-order valence-corrected chi connectivity index (χ1v) is 11.2. The molecule has 0 spiro atoms. The first kappa shape index (κ1) is 24.1. The molecule has 3 N–H and O–H groups in total. The zero-order valence-corrected chi connectivity index (χ0v) is 19.4. The Morgan fingerprint density at radius 1 is 1.06 bits per heavy atom. The second kappa shape index (κ2) is 11.4. The van der Waals surface area contributed by atoms with Crippen molar-refractivity contribution in [2.24, 2.45) is 0 Å². The molecule has 33 heavy (non-hydrogen) atoms. The molecule has 3 rings (SSSR count). The second-order valence-corrected chi connectivity index (χ2v) is 8.28. The van der Waals surface area contributed by atoms with Crippen molar-refractivity contribution < 1.29 is 19.1 Å². The molecule has 0 bridgehead atoms. The molecule has 8 heteroatoms. The summed E-state index contributed by atoms with van der Waals surface area (Å²) < 4.78 is 5.38. The lowest BCUT2D eigenvalue weighted by Gasteiger charge is -2.33. The lowest BCUT2D eigenvalue weighted by molar-refractivity contribution is -0.128. The van der Waals surface area contributed by atoms with Crippen molar-refractivity contribution in [2.45, 2.75) is 45.2 Å². The van der Waals surface area contributed by atoms with Crippen LogP contribution in [0.25, 0.3) is 0 Å². The highest BCUT2D eigenvalue weighted by Crippen LogP contribution is 2.20. The molecule has 0 radical (unpaired) electrons. The normalized spacial score (nSPS) is 14.8. The highest BCUT2D eigenvalue weighted by Gasteiger charge is 2.28. The molecule has 0 saturated carbocycles. The molecule has 8 nitrogen and oxygen atoms in total. The van der Waals surface area contributed by atoms with Gasteiger partial charge in [0.1, 0.15) is 11.8 Å². The number of para-hydroxylation sites is 2. The second-order valence-electron chi connectivity index (χ2n) is 8.28. The van der Waals surface area contributed by atoms with E-state index in [1.54, 1.807) is 12.0 Å². The Kier molecular flexibility index (Phi) is 8.29. The van der Waals surface area contributed by atoms with E-state index < -0.39 is 6.04 Å². The van der Waals surface area contributed by atoms with Crippen molar-refractivity contribution >= 4 is 23.5 Å². The largest absolute Gasteiger partial charge is 0.496 e. The summed E-state index contributed by atoms with van der Waals surface area (Å²) in [5.74, 6) is 0.167. The number of aryl methyl sites for hydroxylation is 1. The molecule has 0 unspecified atom stereocenters. The average Bonchev–Trinajstić information content (AvgIpc) is 2.80. The van der Waals surface area contributed by atoms with Gasteiger partial charge >= 0.3 is 6.03 Å². The van der Waals surface area contributed by atoms with Gasteiger partial charge < -0.3 is 25.6 Å². The number of anilines is 1. The minimum Gasteiger partial charge on any atom is -0.496 e. The lowest BCUT2D eigenvalue weighted by Crippen LogP contribution is -2.53. The summed E-state index contributed by atoms with van der Waals surface area (Å²) in [6.07, 6.45) is 1.62. The first-order valence-electron chi connectivity index (χ1n) is 11.2. The number of urea groups is 1. The maximum absolute atomic E-state index is 13.0. The van der Waals surface area contributed by atoms with Crippen LogP contribution in [0.2, 0.25) is 0 Å². The van der Waals surface area contributed by atoms with Gasteiger partial charge in [-0.05, 0) is 43.0 Å². The van der Waals surface area contributed by atoms with Gasteiger partial charge in [-0.2, -0.15) is 0 Å². The van der Waals surface area contributed by atoms with E-state index in [9.17, 15) is 14.4 Å². The number of hydrogen-bond donors (Lipinski definition) is 3. The monoisotopic (exact) mass is 452 g/mol. The molecule has 176 valence electrons. The smallest absolute Gasteiger partial charge is 0.321 e. The van der Waals surface area contributed by atoms with E-state index in [1.807, 2.05) is 55.5 Å². The van der Waals surface area contributed by atoms with Crippen molar-refractivity contribution in [3.05, 3.63) is 59.7 Å². The fourth-order valence-corrected chi connectivity index (χ4v) is 3.98. The highest BCUT2D eigenvalue weighted by atomic mass is 16.5. The number of amides is 4. The van der Waals surface area contributed by atoms with E-state index >= 15 is 0 Å². The van der Waals surface area contributed by atoms with Gasteiger partial charge in [-0.1, -0.05) is 36.4 Å². The van der Waals surface area contributed by atoms with Crippen molar-refractivity contribution in [3.63, 3.8) is 0 Å². The van der Waals surface area contributed by atoms with Crippen LogP contribution in [-0.2, 0) is 16.0 Å². The van der Waals surface area contributed by atoms with Gasteiger partial charge in [0.15, 0.2) is 0 Å². The molecule has 1 aliphatic rings. The predicted molar refractivity (Wildman–Crippen MR) is 127 cm³/mol. The number of piperidine rings is 1. The van der Waals surface area contributed by atoms with Gasteiger partial charge in [-0.25, -0.2) is 4.79 Å². The fraction of sp³-hybridized carbons (Fsp3) is 0.400. The van der Waals surface area contributed by atoms with Gasteiger partial charge in [0.2, 0.25) is 11.8 Å². The van der Waals surface area contributed by atoms with E-state index in [2.05, 4.69) is 16.0 Å². The summed E-state index contributed by atoms with van der Waals surface area (Å²) in [5.41, 5.74) is 2.65. The standard InChI is InChI=1S/C25H32N4O4/c1-17-8-4-6-10-21(17)28-25(32)29-14-12-20(13-15-29)27-24(31)22(26-18(2)30)16-19-9-5-7-11-23(19)33-3/h4-11,20,22H,12-16H2,1-3H3,(H,26,30)(H,27,31)(H,28,32)/t22-/m1/s1. The minimum atomic E-state index is -0.707. The first-order chi connectivity index (χ1) is 15.9. The van der Waals surface area contributed by atoms with Crippen LogP contribution in [0.5, 0.6) is 5.75 Å². The lowest BCUT2D eigenvalue weighted by atomic mass is 10.0. The summed E-state index contributed by atoms with van der Waals surface area (Å²) in [5, 5.41) is 8.75. The number of carbonyl (C=O) groups excluding carboxylic acids is 3. The Balaban J connectivity index is 1.55. The van der Waals surface area contributed by atoms with Crippen LogP contribution in [0, 0.1) is 6.92 Å². The molecular weight excluding hydrogens is 420 g/mol. The van der Waals surface area contributed by atoms with E-state index in [1.165, 1.54) is 6.92 Å². The van der Waals surface area contributed by atoms with Crippen LogP contribution in [0.3, 0.4) is 0 Å². The number of likely N-dealkylation sites (tertiary alicyclic amines) is 1. The van der Waals surface area contributed by atoms with Crippen molar-refractivity contribution in [1.82, 2.24) is 15.5 Å². The van der Waals surface area contributed by atoms with Gasteiger partial charge in [-0.3, -0.25) is 9.59 Å². The minimum absolute atomic E-state index is 0.0612. The molecule has 1 saturated heterocycles. The quantitative estimate of drug-likeness (QED) is 0.601. The van der Waals surface area contributed by atoms with E-state index in [4.69, 9.17) is 4.74 Å². The number of rotatable bonds is 7. The maximum atomic E-state index is 13.0. The van der Waals surface area contributed by atoms with E-state index in [0.717, 1.165) is 16.8 Å². The SMILES string of the molecule is COc1ccccc1C[C@@H](NC(C)=O)C(=O)NC1CCN(C(=O)Nc2ccccc2C)CC1. The molecule has 2 aromatic rings. The van der Waals surface area contributed by atoms with Gasteiger partial charge in [-0.15, -0.1) is 0 Å². The molecular formula is C25H32N4O4.